The molecule has 0 amide bonds. The van der Waals surface area contributed by atoms with Crippen LogP contribution in [-0.2, 0) is 14.2 Å². The average molecular weight is 276 g/mol. The van der Waals surface area contributed by atoms with Crippen LogP contribution in [0.2, 0.25) is 0 Å². The summed E-state index contributed by atoms with van der Waals surface area (Å²) in [6.07, 6.45) is -0.457. The van der Waals surface area contributed by atoms with Crippen LogP contribution >= 0.6 is 0 Å². The Morgan fingerprint density at radius 2 is 2.20 bits per heavy atom. The molecule has 1 N–H and O–H groups in total. The highest BCUT2D eigenvalue weighted by molar-refractivity contribution is 6.61. The molecule has 0 bridgehead atoms. The van der Waals surface area contributed by atoms with Crippen molar-refractivity contribution in [1.82, 2.24) is 0 Å². The molecule has 0 spiro atoms. The van der Waals surface area contributed by atoms with Crippen molar-refractivity contribution in [3.8, 4) is 5.75 Å². The number of esters is 1. The molecule has 1 aliphatic heterocycles. The minimum Gasteiger partial charge on any atom is -0.497 e. The van der Waals surface area contributed by atoms with Gasteiger partial charge in [0, 0.05) is 11.5 Å². The van der Waals surface area contributed by atoms with Crippen molar-refractivity contribution >= 4 is 18.6 Å². The summed E-state index contributed by atoms with van der Waals surface area (Å²) in [5.41, 5.74) is 1.79. The van der Waals surface area contributed by atoms with Gasteiger partial charge in [-0.3, -0.25) is 0 Å². The Bertz CT molecular complexity index is 542. The molecule has 0 unspecified atom stereocenters. The lowest BCUT2D eigenvalue weighted by Crippen LogP contribution is -2.28. The zero-order valence-corrected chi connectivity index (χ0v) is 11.8. The third kappa shape index (κ3) is 2.44. The number of carbonyl (C=O) groups excluding carboxylic acids is 1. The lowest BCUT2D eigenvalue weighted by Gasteiger charge is -2.21. The van der Waals surface area contributed by atoms with Crippen molar-refractivity contribution in [2.24, 2.45) is 5.92 Å². The van der Waals surface area contributed by atoms with E-state index in [0.29, 0.717) is 16.8 Å². The standard InChI is InChI=1S/C14H17BO5/c1-8(9(2)14(16)19-4)13-11-7-10(18-3)5-6-12(11)15(17)20-13/h5-8,13,17H,2H2,1,3-4H3/t8-,13+/m1/s1. The Balaban J connectivity index is 2.33. The van der Waals surface area contributed by atoms with Crippen molar-refractivity contribution < 1.29 is 23.9 Å². The first kappa shape index (κ1) is 14.6. The molecule has 1 aromatic carbocycles. The van der Waals surface area contributed by atoms with E-state index in [1.54, 1.807) is 25.3 Å². The van der Waals surface area contributed by atoms with Crippen LogP contribution < -0.4 is 10.2 Å². The summed E-state index contributed by atoms with van der Waals surface area (Å²) in [6, 6.07) is 5.32. The topological polar surface area (TPSA) is 65.0 Å². The Hall–Kier alpha value is -1.79. The van der Waals surface area contributed by atoms with Crippen LogP contribution in [0.1, 0.15) is 18.6 Å². The molecule has 0 saturated carbocycles. The van der Waals surface area contributed by atoms with E-state index in [1.807, 2.05) is 6.92 Å². The lowest BCUT2D eigenvalue weighted by molar-refractivity contribution is -0.137. The van der Waals surface area contributed by atoms with Gasteiger partial charge in [0.1, 0.15) is 5.75 Å². The zero-order valence-electron chi connectivity index (χ0n) is 11.8. The lowest BCUT2D eigenvalue weighted by atomic mass is 9.78. The van der Waals surface area contributed by atoms with Gasteiger partial charge in [-0.05, 0) is 23.2 Å². The Morgan fingerprint density at radius 3 is 2.80 bits per heavy atom. The number of benzene rings is 1. The van der Waals surface area contributed by atoms with Crippen molar-refractivity contribution in [2.75, 3.05) is 14.2 Å². The summed E-state index contributed by atoms with van der Waals surface area (Å²) in [7, 11) is 1.87. The number of carbonyl (C=O) groups is 1. The SMILES string of the molecule is C=C(C(=O)OC)[C@@H](C)[C@@H]1OB(O)c2ccc(OC)cc21. The fraction of sp³-hybridized carbons (Fsp3) is 0.357. The van der Waals surface area contributed by atoms with E-state index in [4.69, 9.17) is 9.39 Å². The van der Waals surface area contributed by atoms with E-state index in [9.17, 15) is 9.82 Å². The summed E-state index contributed by atoms with van der Waals surface area (Å²) in [4.78, 5) is 11.6. The van der Waals surface area contributed by atoms with E-state index in [1.165, 1.54) is 7.11 Å². The molecule has 6 heteroatoms. The highest BCUT2D eigenvalue weighted by Crippen LogP contribution is 2.35. The van der Waals surface area contributed by atoms with Gasteiger partial charge in [-0.1, -0.05) is 19.6 Å². The average Bonchev–Trinajstić information content (AvgIpc) is 2.81. The Labute approximate surface area is 118 Å². The van der Waals surface area contributed by atoms with Gasteiger partial charge in [-0.15, -0.1) is 0 Å². The van der Waals surface area contributed by atoms with Gasteiger partial charge in [-0.2, -0.15) is 0 Å². The van der Waals surface area contributed by atoms with Gasteiger partial charge in [-0.25, -0.2) is 4.79 Å². The van der Waals surface area contributed by atoms with Crippen LogP contribution in [0.4, 0.5) is 0 Å². The smallest absolute Gasteiger partial charge is 0.492 e. The first-order chi connectivity index (χ1) is 9.49. The van der Waals surface area contributed by atoms with Crippen LogP contribution in [0, 0.1) is 5.92 Å². The number of fused-ring (bicyclic) bond motifs is 1. The van der Waals surface area contributed by atoms with Gasteiger partial charge >= 0.3 is 13.1 Å². The van der Waals surface area contributed by atoms with Crippen LogP contribution in [0.3, 0.4) is 0 Å². The molecule has 1 heterocycles. The maximum Gasteiger partial charge on any atom is 0.492 e. The third-order valence-electron chi connectivity index (χ3n) is 3.59. The molecule has 106 valence electrons. The number of rotatable bonds is 4. The normalized spacial score (nSPS) is 18.4. The highest BCUT2D eigenvalue weighted by Gasteiger charge is 2.39. The molecule has 2 rings (SSSR count). The van der Waals surface area contributed by atoms with Crippen LogP contribution in [0.5, 0.6) is 5.75 Å². The molecule has 20 heavy (non-hydrogen) atoms. The quantitative estimate of drug-likeness (QED) is 0.501. The van der Waals surface area contributed by atoms with E-state index < -0.39 is 19.2 Å². The number of hydrogen-bond donors (Lipinski definition) is 1. The molecule has 5 nitrogen and oxygen atoms in total. The summed E-state index contributed by atoms with van der Waals surface area (Å²) < 4.78 is 15.4. The van der Waals surface area contributed by atoms with Gasteiger partial charge < -0.3 is 19.2 Å². The predicted molar refractivity (Wildman–Crippen MR) is 74.7 cm³/mol. The second kappa shape index (κ2) is 5.69. The number of hydrogen-bond acceptors (Lipinski definition) is 5. The van der Waals surface area contributed by atoms with E-state index in [0.717, 1.165) is 5.56 Å². The highest BCUT2D eigenvalue weighted by atomic mass is 16.5. The van der Waals surface area contributed by atoms with Crippen molar-refractivity contribution in [1.29, 1.82) is 0 Å². The predicted octanol–water partition coefficient (Wildman–Crippen LogP) is 0.819. The molecule has 2 atom stereocenters. The second-order valence-electron chi connectivity index (χ2n) is 4.71. The fourth-order valence-electron chi connectivity index (χ4n) is 2.32. The first-order valence-electron chi connectivity index (χ1n) is 6.28. The molecule has 0 aliphatic carbocycles. The molecule has 0 radical (unpaired) electrons. The zero-order chi connectivity index (χ0) is 14.9. The molecule has 0 fully saturated rings. The maximum absolute atomic E-state index is 11.6. The fourth-order valence-corrected chi connectivity index (χ4v) is 2.32. The van der Waals surface area contributed by atoms with Crippen LogP contribution in [0.25, 0.3) is 0 Å². The van der Waals surface area contributed by atoms with E-state index in [2.05, 4.69) is 11.3 Å². The van der Waals surface area contributed by atoms with Crippen molar-refractivity contribution in [3.63, 3.8) is 0 Å². The first-order valence-corrected chi connectivity index (χ1v) is 6.28. The number of methoxy groups -OCH3 is 2. The molecule has 1 aromatic rings. The van der Waals surface area contributed by atoms with E-state index in [-0.39, 0.29) is 5.92 Å². The van der Waals surface area contributed by atoms with Crippen molar-refractivity contribution in [2.45, 2.75) is 13.0 Å². The monoisotopic (exact) mass is 276 g/mol. The van der Waals surface area contributed by atoms with Gasteiger partial charge in [0.2, 0.25) is 0 Å². The summed E-state index contributed by atoms with van der Waals surface area (Å²) in [5.74, 6) is -0.125. The Morgan fingerprint density at radius 1 is 1.50 bits per heavy atom. The van der Waals surface area contributed by atoms with Crippen molar-refractivity contribution in [3.05, 3.63) is 35.9 Å². The second-order valence-corrected chi connectivity index (χ2v) is 4.71. The van der Waals surface area contributed by atoms with Gasteiger partial charge in [0.05, 0.1) is 20.3 Å². The molecular formula is C14H17BO5. The number of ether oxygens (including phenoxy) is 2. The minimum atomic E-state index is -1.01. The summed E-state index contributed by atoms with van der Waals surface area (Å²) >= 11 is 0. The molecule has 0 aromatic heterocycles. The van der Waals surface area contributed by atoms with Gasteiger partial charge in [0.15, 0.2) is 0 Å². The van der Waals surface area contributed by atoms with E-state index >= 15 is 0 Å². The minimum absolute atomic E-state index is 0.306. The largest absolute Gasteiger partial charge is 0.497 e. The molecule has 0 saturated heterocycles. The van der Waals surface area contributed by atoms with Crippen LogP contribution in [0.15, 0.2) is 30.4 Å². The summed E-state index contributed by atoms with van der Waals surface area (Å²) in [5, 5.41) is 9.93. The summed E-state index contributed by atoms with van der Waals surface area (Å²) in [6.45, 7) is 5.55. The van der Waals surface area contributed by atoms with Crippen LogP contribution in [-0.4, -0.2) is 32.3 Å². The Kier molecular flexibility index (Phi) is 4.16. The molecule has 1 aliphatic rings. The van der Waals surface area contributed by atoms with Gasteiger partial charge in [0.25, 0.3) is 0 Å². The third-order valence-corrected chi connectivity index (χ3v) is 3.59. The molecular weight excluding hydrogens is 259 g/mol. The maximum atomic E-state index is 11.6.